The summed E-state index contributed by atoms with van der Waals surface area (Å²) in [5.74, 6) is 0.333. The minimum absolute atomic E-state index is 0.166. The first-order valence-corrected chi connectivity index (χ1v) is 6.57. The summed E-state index contributed by atoms with van der Waals surface area (Å²) in [4.78, 5) is 4.41. The molecule has 0 radical (unpaired) electrons. The maximum absolute atomic E-state index is 9.82. The summed E-state index contributed by atoms with van der Waals surface area (Å²) in [6.45, 7) is 0.716. The van der Waals surface area contributed by atoms with E-state index in [1.54, 1.807) is 0 Å². The van der Waals surface area contributed by atoms with E-state index >= 15 is 0 Å². The third-order valence-electron chi connectivity index (χ3n) is 3.30. The average molecular weight is 252 g/mol. The third kappa shape index (κ3) is 3.83. The van der Waals surface area contributed by atoms with E-state index < -0.39 is 0 Å². The van der Waals surface area contributed by atoms with E-state index in [1.165, 1.54) is 6.42 Å². The lowest BCUT2D eigenvalue weighted by Crippen LogP contribution is -2.26. The van der Waals surface area contributed by atoms with Crippen molar-refractivity contribution in [2.75, 3.05) is 6.54 Å². The topological polar surface area (TPSA) is 32.6 Å². The number of aliphatic imine (C=N–C) groups is 1. The van der Waals surface area contributed by atoms with Crippen LogP contribution in [0.25, 0.3) is 0 Å². The van der Waals surface area contributed by atoms with Crippen molar-refractivity contribution in [1.29, 1.82) is 0 Å². The first kappa shape index (κ1) is 12.6. The van der Waals surface area contributed by atoms with E-state index in [0.717, 1.165) is 29.8 Å². The number of aliphatic hydroxyl groups is 1. The molecule has 2 rings (SSSR count). The standard InChI is InChI=1S/C14H18ClNO/c15-13-6-3-4-11(8-13)9-16-10-12-5-1-2-7-14(12)17/h3-4,6,8-9,12,14,17H,1-2,5,7,10H2/t12-,14+/m1/s1. The lowest BCUT2D eigenvalue weighted by Gasteiger charge is -2.25. The Kier molecular flexibility index (Phi) is 4.57. The fraction of sp³-hybridized carbons (Fsp3) is 0.500. The molecule has 2 atom stereocenters. The van der Waals surface area contributed by atoms with Gasteiger partial charge in [0.1, 0.15) is 0 Å². The second-order valence-corrected chi connectivity index (χ2v) is 5.10. The third-order valence-corrected chi connectivity index (χ3v) is 3.53. The smallest absolute Gasteiger partial charge is 0.0586 e. The first-order valence-electron chi connectivity index (χ1n) is 6.19. The van der Waals surface area contributed by atoms with E-state index in [4.69, 9.17) is 11.6 Å². The normalized spacial score (nSPS) is 25.3. The zero-order valence-electron chi connectivity index (χ0n) is 9.85. The molecule has 0 unspecified atom stereocenters. The molecule has 3 heteroatoms. The van der Waals surface area contributed by atoms with Crippen LogP contribution in [0.3, 0.4) is 0 Å². The Bertz CT molecular complexity index is 392. The Morgan fingerprint density at radius 1 is 1.35 bits per heavy atom. The highest BCUT2D eigenvalue weighted by Gasteiger charge is 2.21. The molecule has 1 aliphatic rings. The van der Waals surface area contributed by atoms with Gasteiger partial charge in [-0.15, -0.1) is 0 Å². The van der Waals surface area contributed by atoms with Crippen molar-refractivity contribution in [3.05, 3.63) is 34.9 Å². The number of aliphatic hydroxyl groups excluding tert-OH is 1. The van der Waals surface area contributed by atoms with Gasteiger partial charge in [0.25, 0.3) is 0 Å². The van der Waals surface area contributed by atoms with Crippen LogP contribution in [0.2, 0.25) is 5.02 Å². The first-order chi connectivity index (χ1) is 8.25. The highest BCUT2D eigenvalue weighted by atomic mass is 35.5. The molecule has 0 spiro atoms. The number of hydrogen-bond donors (Lipinski definition) is 1. The summed E-state index contributed by atoms with van der Waals surface area (Å²) in [5, 5.41) is 10.5. The van der Waals surface area contributed by atoms with Crippen LogP contribution in [-0.4, -0.2) is 24.0 Å². The fourth-order valence-electron chi connectivity index (χ4n) is 2.28. The van der Waals surface area contributed by atoms with Crippen molar-refractivity contribution in [1.82, 2.24) is 0 Å². The van der Waals surface area contributed by atoms with Crippen LogP contribution in [0.15, 0.2) is 29.3 Å². The van der Waals surface area contributed by atoms with Gasteiger partial charge in [-0.25, -0.2) is 0 Å². The molecule has 1 saturated carbocycles. The Morgan fingerprint density at radius 2 is 2.18 bits per heavy atom. The second-order valence-electron chi connectivity index (χ2n) is 4.66. The van der Waals surface area contributed by atoms with Gasteiger partial charge in [0.05, 0.1) is 6.10 Å². The van der Waals surface area contributed by atoms with Crippen molar-refractivity contribution >= 4 is 17.8 Å². The lowest BCUT2D eigenvalue weighted by molar-refractivity contribution is 0.0746. The predicted molar refractivity (Wildman–Crippen MR) is 71.9 cm³/mol. The Morgan fingerprint density at radius 3 is 2.94 bits per heavy atom. The van der Waals surface area contributed by atoms with Crippen molar-refractivity contribution in [3.63, 3.8) is 0 Å². The van der Waals surface area contributed by atoms with E-state index in [-0.39, 0.29) is 6.10 Å². The van der Waals surface area contributed by atoms with Crippen LogP contribution in [0.1, 0.15) is 31.2 Å². The minimum Gasteiger partial charge on any atom is -0.393 e. The molecule has 1 fully saturated rings. The van der Waals surface area contributed by atoms with Gasteiger partial charge < -0.3 is 5.11 Å². The number of rotatable bonds is 3. The van der Waals surface area contributed by atoms with Crippen LogP contribution >= 0.6 is 11.6 Å². The second kappa shape index (κ2) is 6.18. The molecule has 0 heterocycles. The van der Waals surface area contributed by atoms with Gasteiger partial charge >= 0.3 is 0 Å². The number of hydrogen-bond acceptors (Lipinski definition) is 2. The van der Waals surface area contributed by atoms with Crippen LogP contribution in [-0.2, 0) is 0 Å². The van der Waals surface area contributed by atoms with Crippen molar-refractivity contribution in [3.8, 4) is 0 Å². The molecule has 17 heavy (non-hydrogen) atoms. The summed E-state index contributed by atoms with van der Waals surface area (Å²) in [7, 11) is 0. The summed E-state index contributed by atoms with van der Waals surface area (Å²) >= 11 is 5.89. The van der Waals surface area contributed by atoms with Crippen molar-refractivity contribution < 1.29 is 5.11 Å². The van der Waals surface area contributed by atoms with Crippen LogP contribution in [0.4, 0.5) is 0 Å². The van der Waals surface area contributed by atoms with Crippen LogP contribution in [0.5, 0.6) is 0 Å². The van der Waals surface area contributed by atoms with E-state index in [9.17, 15) is 5.11 Å². The fourth-order valence-corrected chi connectivity index (χ4v) is 2.48. The lowest BCUT2D eigenvalue weighted by atomic mass is 9.87. The molecular weight excluding hydrogens is 234 g/mol. The molecule has 0 aromatic heterocycles. The monoisotopic (exact) mass is 251 g/mol. The maximum atomic E-state index is 9.82. The van der Waals surface area contributed by atoms with Gasteiger partial charge in [0.15, 0.2) is 0 Å². The molecule has 1 aromatic rings. The van der Waals surface area contributed by atoms with Gasteiger partial charge in [-0.2, -0.15) is 0 Å². The van der Waals surface area contributed by atoms with Gasteiger partial charge in [-0.3, -0.25) is 4.99 Å². The van der Waals surface area contributed by atoms with Crippen LogP contribution in [0, 0.1) is 5.92 Å². The average Bonchev–Trinajstić information content (AvgIpc) is 2.32. The predicted octanol–water partition coefficient (Wildman–Crippen LogP) is 3.31. The molecule has 0 aliphatic heterocycles. The van der Waals surface area contributed by atoms with Gasteiger partial charge in [0, 0.05) is 23.7 Å². The maximum Gasteiger partial charge on any atom is 0.0586 e. The molecule has 0 bridgehead atoms. The van der Waals surface area contributed by atoms with Gasteiger partial charge in [-0.1, -0.05) is 36.6 Å². The minimum atomic E-state index is -0.166. The van der Waals surface area contributed by atoms with E-state index in [0.29, 0.717) is 12.5 Å². The Balaban J connectivity index is 1.88. The SMILES string of the molecule is O[C@H]1CCCC[C@@H]1CN=Cc1cccc(Cl)c1. The Labute approximate surface area is 107 Å². The molecule has 1 aromatic carbocycles. The van der Waals surface area contributed by atoms with E-state index in [1.807, 2.05) is 30.5 Å². The molecule has 0 amide bonds. The van der Waals surface area contributed by atoms with Crippen molar-refractivity contribution in [2.45, 2.75) is 31.8 Å². The number of nitrogens with zero attached hydrogens (tertiary/aromatic N) is 1. The zero-order chi connectivity index (χ0) is 12.1. The van der Waals surface area contributed by atoms with Crippen LogP contribution < -0.4 is 0 Å². The van der Waals surface area contributed by atoms with Gasteiger partial charge in [0.2, 0.25) is 0 Å². The molecule has 92 valence electrons. The number of halogens is 1. The van der Waals surface area contributed by atoms with E-state index in [2.05, 4.69) is 4.99 Å². The molecule has 0 saturated heterocycles. The van der Waals surface area contributed by atoms with Crippen molar-refractivity contribution in [2.24, 2.45) is 10.9 Å². The quantitative estimate of drug-likeness (QED) is 0.822. The molecular formula is C14H18ClNO. The zero-order valence-corrected chi connectivity index (χ0v) is 10.6. The highest BCUT2D eigenvalue weighted by molar-refractivity contribution is 6.30. The van der Waals surface area contributed by atoms with Gasteiger partial charge in [-0.05, 0) is 30.5 Å². The summed E-state index contributed by atoms with van der Waals surface area (Å²) in [6.07, 6.45) is 6.06. The summed E-state index contributed by atoms with van der Waals surface area (Å²) < 4.78 is 0. The Hall–Kier alpha value is -0.860. The highest BCUT2D eigenvalue weighted by Crippen LogP contribution is 2.24. The molecule has 1 N–H and O–H groups in total. The molecule has 1 aliphatic carbocycles. The largest absolute Gasteiger partial charge is 0.393 e. The molecule has 2 nitrogen and oxygen atoms in total. The summed E-state index contributed by atoms with van der Waals surface area (Å²) in [5.41, 5.74) is 1.02. The number of benzene rings is 1. The summed E-state index contributed by atoms with van der Waals surface area (Å²) in [6, 6.07) is 7.64.